The van der Waals surface area contributed by atoms with Crippen molar-refractivity contribution in [1.82, 2.24) is 10.2 Å². The fourth-order valence-corrected chi connectivity index (χ4v) is 3.56. The van der Waals surface area contributed by atoms with Gasteiger partial charge in [0.1, 0.15) is 0 Å². The third-order valence-corrected chi connectivity index (χ3v) is 5.77. The van der Waals surface area contributed by atoms with Crippen molar-refractivity contribution >= 4 is 53.1 Å². The molecule has 1 heterocycles. The molecule has 29 heavy (non-hydrogen) atoms. The molecule has 1 aliphatic rings. The lowest BCUT2D eigenvalue weighted by atomic mass is 9.85. The van der Waals surface area contributed by atoms with Crippen molar-refractivity contribution in [3.8, 4) is 0 Å². The number of methoxy groups -OCH3 is 1. The summed E-state index contributed by atoms with van der Waals surface area (Å²) in [5.41, 5.74) is 0.990. The van der Waals surface area contributed by atoms with Crippen molar-refractivity contribution < 1.29 is 9.47 Å². The van der Waals surface area contributed by atoms with Crippen LogP contribution in [0.3, 0.4) is 0 Å². The maximum atomic E-state index is 6.21. The number of ether oxygens (including phenoxy) is 2. The number of rotatable bonds is 9. The van der Waals surface area contributed by atoms with E-state index in [9.17, 15) is 0 Å². The quantitative estimate of drug-likeness (QED) is 0.204. The number of aliphatic imine (C=N–C) groups is 1. The molecule has 1 aromatic carbocycles. The summed E-state index contributed by atoms with van der Waals surface area (Å²) >= 11 is 12.3. The van der Waals surface area contributed by atoms with Crippen LogP contribution in [-0.4, -0.2) is 64.0 Å². The zero-order valence-corrected chi connectivity index (χ0v) is 21.7. The largest absolute Gasteiger partial charge is 0.382 e. The zero-order valence-electron chi connectivity index (χ0n) is 17.8. The average molecular weight is 558 g/mol. The monoisotopic (exact) mass is 557 g/mol. The Morgan fingerprint density at radius 2 is 2.03 bits per heavy atom. The Morgan fingerprint density at radius 3 is 2.69 bits per heavy atom. The van der Waals surface area contributed by atoms with Crippen molar-refractivity contribution in [2.45, 2.75) is 32.6 Å². The van der Waals surface area contributed by atoms with Crippen LogP contribution < -0.4 is 5.32 Å². The molecule has 1 unspecified atom stereocenters. The number of likely N-dealkylation sites (tertiary alicyclic amines) is 1. The first-order chi connectivity index (χ1) is 13.4. The van der Waals surface area contributed by atoms with Crippen LogP contribution >= 0.6 is 47.2 Å². The second kappa shape index (κ2) is 13.2. The van der Waals surface area contributed by atoms with Crippen molar-refractivity contribution in [3.05, 3.63) is 33.8 Å². The smallest absolute Gasteiger partial charge is 0.193 e. The van der Waals surface area contributed by atoms with Gasteiger partial charge in [-0.1, -0.05) is 43.1 Å². The van der Waals surface area contributed by atoms with Gasteiger partial charge >= 0.3 is 0 Å². The molecule has 1 fully saturated rings. The number of nitrogens with zero attached hydrogens (tertiary/aromatic N) is 2. The lowest BCUT2D eigenvalue weighted by molar-refractivity contribution is 0.0536. The first-order valence-corrected chi connectivity index (χ1v) is 10.7. The molecule has 0 radical (unpaired) electrons. The first-order valence-electron chi connectivity index (χ1n) is 9.93. The van der Waals surface area contributed by atoms with Gasteiger partial charge in [-0.2, -0.15) is 0 Å². The number of guanidine groups is 1. The molecule has 1 saturated heterocycles. The summed E-state index contributed by atoms with van der Waals surface area (Å²) in [6.45, 7) is 12.0. The van der Waals surface area contributed by atoms with Crippen LogP contribution in [0.2, 0.25) is 10.0 Å². The summed E-state index contributed by atoms with van der Waals surface area (Å²) < 4.78 is 10.7. The van der Waals surface area contributed by atoms with E-state index in [4.69, 9.17) is 37.7 Å². The van der Waals surface area contributed by atoms with Gasteiger partial charge in [0.15, 0.2) is 5.96 Å². The predicted octanol–water partition coefficient (Wildman–Crippen LogP) is 4.84. The maximum absolute atomic E-state index is 6.21. The molecule has 5 nitrogen and oxygen atoms in total. The minimum absolute atomic E-state index is 0. The van der Waals surface area contributed by atoms with Gasteiger partial charge in [-0.25, -0.2) is 0 Å². The SMILES string of the molecule is CCNC(=NCC(C)(C)c1ccc(Cl)c(Cl)c1)N1CCC(COCCOC)C1.I. The Balaban J connectivity index is 0.00000420. The van der Waals surface area contributed by atoms with Crippen molar-refractivity contribution in [2.24, 2.45) is 10.9 Å². The Morgan fingerprint density at radius 1 is 1.28 bits per heavy atom. The molecule has 1 aliphatic heterocycles. The Hall–Kier alpha value is -0.280. The topological polar surface area (TPSA) is 46.1 Å². The van der Waals surface area contributed by atoms with E-state index in [0.29, 0.717) is 35.7 Å². The summed E-state index contributed by atoms with van der Waals surface area (Å²) in [5.74, 6) is 1.50. The summed E-state index contributed by atoms with van der Waals surface area (Å²) in [6, 6.07) is 5.82. The van der Waals surface area contributed by atoms with Crippen molar-refractivity contribution in [2.75, 3.05) is 53.1 Å². The summed E-state index contributed by atoms with van der Waals surface area (Å²) in [5, 5.41) is 4.59. The van der Waals surface area contributed by atoms with Gasteiger partial charge in [0, 0.05) is 38.1 Å². The molecule has 0 amide bonds. The highest BCUT2D eigenvalue weighted by Crippen LogP contribution is 2.30. The van der Waals surface area contributed by atoms with Crippen LogP contribution in [0, 0.1) is 5.92 Å². The van der Waals surface area contributed by atoms with Crippen LogP contribution in [0.25, 0.3) is 0 Å². The van der Waals surface area contributed by atoms with Crippen LogP contribution in [0.4, 0.5) is 0 Å². The molecule has 2 rings (SSSR count). The van der Waals surface area contributed by atoms with Crippen LogP contribution in [0.15, 0.2) is 23.2 Å². The van der Waals surface area contributed by atoms with E-state index in [1.54, 1.807) is 7.11 Å². The molecular weight excluding hydrogens is 524 g/mol. The molecule has 1 aromatic rings. The predicted molar refractivity (Wildman–Crippen MR) is 133 cm³/mol. The van der Waals surface area contributed by atoms with Crippen molar-refractivity contribution in [1.29, 1.82) is 0 Å². The molecule has 0 saturated carbocycles. The van der Waals surface area contributed by atoms with Gasteiger partial charge in [-0.3, -0.25) is 4.99 Å². The third kappa shape index (κ3) is 8.40. The van der Waals surface area contributed by atoms with Gasteiger partial charge in [0.25, 0.3) is 0 Å². The molecule has 166 valence electrons. The van der Waals surface area contributed by atoms with E-state index in [-0.39, 0.29) is 29.4 Å². The maximum Gasteiger partial charge on any atom is 0.193 e. The Labute approximate surface area is 202 Å². The van der Waals surface area contributed by atoms with Gasteiger partial charge in [0.2, 0.25) is 0 Å². The van der Waals surface area contributed by atoms with E-state index in [0.717, 1.165) is 44.2 Å². The van der Waals surface area contributed by atoms with Gasteiger partial charge in [-0.05, 0) is 31.0 Å². The zero-order chi connectivity index (χ0) is 20.6. The molecule has 1 N–H and O–H groups in total. The fourth-order valence-electron chi connectivity index (χ4n) is 3.26. The Bertz CT molecular complexity index is 659. The second-order valence-corrected chi connectivity index (χ2v) is 8.67. The van der Waals surface area contributed by atoms with Crippen molar-refractivity contribution in [3.63, 3.8) is 0 Å². The lowest BCUT2D eigenvalue weighted by Crippen LogP contribution is -2.41. The van der Waals surface area contributed by atoms with E-state index < -0.39 is 0 Å². The molecule has 0 aliphatic carbocycles. The number of hydrogen-bond donors (Lipinski definition) is 1. The number of benzene rings is 1. The highest BCUT2D eigenvalue weighted by atomic mass is 127. The highest BCUT2D eigenvalue weighted by molar-refractivity contribution is 14.0. The number of hydrogen-bond acceptors (Lipinski definition) is 3. The van der Waals surface area contributed by atoms with E-state index in [1.807, 2.05) is 18.2 Å². The minimum atomic E-state index is -0.142. The summed E-state index contributed by atoms with van der Waals surface area (Å²) in [4.78, 5) is 7.27. The molecule has 0 bridgehead atoms. The van der Waals surface area contributed by atoms with Crippen LogP contribution in [0.1, 0.15) is 32.8 Å². The van der Waals surface area contributed by atoms with Crippen LogP contribution in [-0.2, 0) is 14.9 Å². The first kappa shape index (κ1) is 26.8. The van der Waals surface area contributed by atoms with E-state index in [2.05, 4.69) is 31.0 Å². The minimum Gasteiger partial charge on any atom is -0.382 e. The molecule has 8 heteroatoms. The normalized spacial score (nSPS) is 17.4. The summed E-state index contributed by atoms with van der Waals surface area (Å²) in [6.07, 6.45) is 1.12. The van der Waals surface area contributed by atoms with Gasteiger partial charge < -0.3 is 19.7 Å². The molecule has 1 atom stereocenters. The molecule has 0 spiro atoms. The van der Waals surface area contributed by atoms with Crippen LogP contribution in [0.5, 0.6) is 0 Å². The standard InChI is InChI=1S/C21H33Cl2N3O2.HI/c1-5-24-20(26-9-8-16(13-26)14-28-11-10-27-4)25-15-21(2,3)17-6-7-18(22)19(23)12-17;/h6-7,12,16H,5,8-11,13-15H2,1-4H3,(H,24,25);1H. The number of halogens is 3. The highest BCUT2D eigenvalue weighted by Gasteiger charge is 2.26. The Kier molecular flexibility index (Phi) is 12.2. The number of nitrogens with one attached hydrogen (secondary N) is 1. The van der Waals surface area contributed by atoms with E-state index >= 15 is 0 Å². The third-order valence-electron chi connectivity index (χ3n) is 5.03. The van der Waals surface area contributed by atoms with E-state index in [1.165, 1.54) is 0 Å². The van der Waals surface area contributed by atoms with Gasteiger partial charge in [-0.15, -0.1) is 24.0 Å². The molecule has 0 aromatic heterocycles. The fraction of sp³-hybridized carbons (Fsp3) is 0.667. The molecular formula is C21H34Cl2IN3O2. The summed E-state index contributed by atoms with van der Waals surface area (Å²) in [7, 11) is 1.69. The van der Waals surface area contributed by atoms with Gasteiger partial charge in [0.05, 0.1) is 36.4 Å². The average Bonchev–Trinajstić information content (AvgIpc) is 3.13. The lowest BCUT2D eigenvalue weighted by Gasteiger charge is -2.27. The second-order valence-electron chi connectivity index (χ2n) is 7.85.